The van der Waals surface area contributed by atoms with Crippen LogP contribution in [0.3, 0.4) is 0 Å². The van der Waals surface area contributed by atoms with Crippen molar-refractivity contribution in [1.82, 2.24) is 0 Å². The SMILES string of the molecule is [C+4].[F-].[F-].[F-].[F-].[F-].[F-].[Fe+2]. The van der Waals surface area contributed by atoms with Crippen LogP contribution in [0, 0.1) is 7.43 Å². The zero-order chi connectivity index (χ0) is 0. The molecule has 0 aromatic carbocycles. The predicted molar refractivity (Wildman–Crippen MR) is 3.24 cm³/mol. The fraction of sp³-hybridized carbons (Fsp3) is 0. The summed E-state index contributed by atoms with van der Waals surface area (Å²) >= 11 is 0. The quantitative estimate of drug-likeness (QED) is 0.257. The predicted octanol–water partition coefficient (Wildman–Crippen LogP) is -17.9. The second-order valence-corrected chi connectivity index (χ2v) is 0. The molecule has 0 aromatic rings. The summed E-state index contributed by atoms with van der Waals surface area (Å²) in [5.41, 5.74) is 0. The van der Waals surface area contributed by atoms with E-state index in [1.54, 1.807) is 0 Å². The molecular weight excluding hydrogens is 182 g/mol. The summed E-state index contributed by atoms with van der Waals surface area (Å²) in [7, 11) is 0. The molecule has 0 aliphatic heterocycles. The molecule has 0 aliphatic carbocycles. The van der Waals surface area contributed by atoms with Crippen LogP contribution in [0.25, 0.3) is 0 Å². The van der Waals surface area contributed by atoms with Gasteiger partial charge in [-0.05, 0) is 0 Å². The van der Waals surface area contributed by atoms with Gasteiger partial charge >= 0.3 is 24.5 Å². The molecule has 0 spiro atoms. The average molecular weight is 182 g/mol. The van der Waals surface area contributed by atoms with Gasteiger partial charge in [0.2, 0.25) is 0 Å². The smallest absolute Gasteiger partial charge is 1.00 e. The van der Waals surface area contributed by atoms with Crippen molar-refractivity contribution < 1.29 is 45.3 Å². The summed E-state index contributed by atoms with van der Waals surface area (Å²) in [4.78, 5) is 0. The Labute approximate surface area is 53.7 Å². The van der Waals surface area contributed by atoms with Gasteiger partial charge in [-0.15, -0.1) is 0 Å². The van der Waals surface area contributed by atoms with Gasteiger partial charge in [-0.3, -0.25) is 0 Å². The van der Waals surface area contributed by atoms with Gasteiger partial charge in [-0.25, -0.2) is 0 Å². The second kappa shape index (κ2) is 26700. The molecule has 0 atom stereocenters. The van der Waals surface area contributed by atoms with Crippen molar-refractivity contribution in [2.45, 2.75) is 0 Å². The maximum Gasteiger partial charge on any atom is 4.00 e. The third-order valence-electron chi connectivity index (χ3n) is 0. The van der Waals surface area contributed by atoms with Crippen LogP contribution in [0.5, 0.6) is 0 Å². The normalized spacial score (nSPS) is 0. The molecule has 0 rings (SSSR count). The molecule has 0 saturated carbocycles. The Bertz CT molecular complexity index is 8.49. The Morgan fingerprint density at radius 2 is 0.375 bits per heavy atom. The van der Waals surface area contributed by atoms with Crippen molar-refractivity contribution in [2.75, 3.05) is 0 Å². The molecule has 0 amide bonds. The van der Waals surface area contributed by atoms with Crippen LogP contribution in [-0.2, 0) is 17.1 Å². The summed E-state index contributed by atoms with van der Waals surface area (Å²) in [6.07, 6.45) is 0. The van der Waals surface area contributed by atoms with Crippen LogP contribution < -0.4 is 28.2 Å². The number of rotatable bonds is 0. The molecule has 54 valence electrons. The molecule has 0 bridgehead atoms. The van der Waals surface area contributed by atoms with E-state index >= 15 is 0 Å². The third-order valence-corrected chi connectivity index (χ3v) is 0. The first kappa shape index (κ1) is 41300. The summed E-state index contributed by atoms with van der Waals surface area (Å²) in [5, 5.41) is 0. The summed E-state index contributed by atoms with van der Waals surface area (Å²) in [6.45, 7) is 0. The largest absolute Gasteiger partial charge is 4.00 e. The molecule has 0 aliphatic rings. The topological polar surface area (TPSA) is 0 Å². The monoisotopic (exact) mass is 182 g/mol. The van der Waals surface area contributed by atoms with Crippen LogP contribution in [-0.4, -0.2) is 0 Å². The zero-order valence-corrected chi connectivity index (χ0v) is 4.23. The molecule has 0 fully saturated rings. The number of hydrogen-bond acceptors (Lipinski definition) is 0. The summed E-state index contributed by atoms with van der Waals surface area (Å²) in [6, 6.07) is 0. The van der Waals surface area contributed by atoms with Gasteiger partial charge < -0.3 is 28.2 Å². The fourth-order valence-electron chi connectivity index (χ4n) is 0. The summed E-state index contributed by atoms with van der Waals surface area (Å²) in [5.74, 6) is 0. The molecule has 0 unspecified atom stereocenters. The Morgan fingerprint density at radius 3 is 0.375 bits per heavy atom. The van der Waals surface area contributed by atoms with Gasteiger partial charge in [0.05, 0.1) is 0 Å². The Balaban J connectivity index is 0. The molecule has 0 nitrogen and oxygen atoms in total. The Kier molecular flexibility index (Phi) is 138000000. The van der Waals surface area contributed by atoms with Crippen molar-refractivity contribution in [3.63, 3.8) is 0 Å². The van der Waals surface area contributed by atoms with E-state index < -0.39 is 0 Å². The maximum atomic E-state index is 0. The van der Waals surface area contributed by atoms with E-state index in [0.717, 1.165) is 0 Å². The summed E-state index contributed by atoms with van der Waals surface area (Å²) < 4.78 is 0. The minimum Gasteiger partial charge on any atom is -1.00 e. The minimum absolute atomic E-state index is 0. The third kappa shape index (κ3) is 16000. The standard InChI is InChI=1S/C.6FH.Fe/h;6*1H;/q+4;;;;;;;+2/p-6. The van der Waals surface area contributed by atoms with E-state index in [1.165, 1.54) is 0 Å². The van der Waals surface area contributed by atoms with E-state index in [0.29, 0.717) is 0 Å². The minimum atomic E-state index is 0. The van der Waals surface area contributed by atoms with Crippen LogP contribution in [0.2, 0.25) is 0 Å². The molecule has 0 radical (unpaired) electrons. The first-order valence-electron chi connectivity index (χ1n) is 0. The van der Waals surface area contributed by atoms with Crippen molar-refractivity contribution >= 4 is 0 Å². The van der Waals surface area contributed by atoms with Crippen molar-refractivity contribution in [3.05, 3.63) is 7.43 Å². The van der Waals surface area contributed by atoms with Crippen LogP contribution in [0.1, 0.15) is 0 Å². The van der Waals surface area contributed by atoms with Crippen LogP contribution in [0.15, 0.2) is 0 Å². The van der Waals surface area contributed by atoms with Gasteiger partial charge in [-0.1, -0.05) is 0 Å². The van der Waals surface area contributed by atoms with Crippen LogP contribution >= 0.6 is 0 Å². The van der Waals surface area contributed by atoms with Crippen molar-refractivity contribution in [3.8, 4) is 0 Å². The van der Waals surface area contributed by atoms with Gasteiger partial charge in [0.25, 0.3) is 0 Å². The Morgan fingerprint density at radius 1 is 0.375 bits per heavy atom. The number of halogens is 6. The van der Waals surface area contributed by atoms with E-state index in [2.05, 4.69) is 0 Å². The van der Waals surface area contributed by atoms with Crippen LogP contribution in [0.4, 0.5) is 0 Å². The van der Waals surface area contributed by atoms with E-state index in [9.17, 15) is 0 Å². The first-order valence-corrected chi connectivity index (χ1v) is 0. The van der Waals surface area contributed by atoms with E-state index in [-0.39, 0.29) is 52.7 Å². The van der Waals surface area contributed by atoms with E-state index in [1.807, 2.05) is 0 Å². The molecular formula is CF6Fe. The second-order valence-electron chi connectivity index (χ2n) is 0. The van der Waals surface area contributed by atoms with Crippen molar-refractivity contribution in [1.29, 1.82) is 0 Å². The molecule has 0 N–H and O–H groups in total. The van der Waals surface area contributed by atoms with Gasteiger partial charge in [0.1, 0.15) is 0 Å². The molecule has 8 heavy (non-hydrogen) atoms. The van der Waals surface area contributed by atoms with Gasteiger partial charge in [0.15, 0.2) is 0 Å². The number of hydrogen-bond donors (Lipinski definition) is 0. The maximum absolute atomic E-state index is 0. The molecule has 0 saturated heterocycles. The van der Waals surface area contributed by atoms with E-state index in [4.69, 9.17) is 0 Å². The molecule has 0 aromatic heterocycles. The van der Waals surface area contributed by atoms with Crippen molar-refractivity contribution in [2.24, 2.45) is 0 Å². The molecule has 7 heteroatoms. The average Bonchev–Trinajstić information content (AvgIpc) is 0. The zero-order valence-electron chi connectivity index (χ0n) is 3.12. The van der Waals surface area contributed by atoms with Gasteiger partial charge in [-0.2, -0.15) is 0 Å². The molecule has 0 heterocycles. The first-order chi connectivity index (χ1) is 0. The Hall–Kier alpha value is 0.0995. The van der Waals surface area contributed by atoms with Gasteiger partial charge in [0, 0.05) is 0 Å². The fourth-order valence-corrected chi connectivity index (χ4v) is 0.